The van der Waals surface area contributed by atoms with Crippen LogP contribution in [0, 0.1) is 17.8 Å². The van der Waals surface area contributed by atoms with Gasteiger partial charge in [0.05, 0.1) is 6.10 Å². The van der Waals surface area contributed by atoms with E-state index in [2.05, 4.69) is 20.8 Å². The molecule has 0 amide bonds. The van der Waals surface area contributed by atoms with Crippen LogP contribution in [0.5, 0.6) is 0 Å². The molecular formula is C10H20O. The summed E-state index contributed by atoms with van der Waals surface area (Å²) in [4.78, 5) is 0. The van der Waals surface area contributed by atoms with E-state index in [0.717, 1.165) is 17.8 Å². The highest BCUT2D eigenvalue weighted by Gasteiger charge is 2.34. The van der Waals surface area contributed by atoms with Crippen LogP contribution < -0.4 is 0 Å². The van der Waals surface area contributed by atoms with Crippen molar-refractivity contribution in [3.05, 3.63) is 0 Å². The van der Waals surface area contributed by atoms with Gasteiger partial charge in [0.1, 0.15) is 0 Å². The summed E-state index contributed by atoms with van der Waals surface area (Å²) in [5, 5.41) is 0. The van der Waals surface area contributed by atoms with Crippen molar-refractivity contribution in [3.63, 3.8) is 0 Å². The molecule has 0 saturated heterocycles. The van der Waals surface area contributed by atoms with E-state index < -0.39 is 0 Å². The highest BCUT2D eigenvalue weighted by atomic mass is 16.5. The van der Waals surface area contributed by atoms with Crippen LogP contribution >= 0.6 is 0 Å². The van der Waals surface area contributed by atoms with Crippen LogP contribution in [0.2, 0.25) is 0 Å². The Balaban J connectivity index is 2.48. The van der Waals surface area contributed by atoms with E-state index in [1.165, 1.54) is 12.8 Å². The van der Waals surface area contributed by atoms with Gasteiger partial charge in [0.2, 0.25) is 0 Å². The minimum Gasteiger partial charge on any atom is -0.381 e. The lowest BCUT2D eigenvalue weighted by Gasteiger charge is -2.22. The standard InChI is InChI=1S/C10H20O/c1-7(2)9-5-6-10(11-4)8(9)3/h7-10H,5-6H2,1-4H3/t8-,9-,10+/m0/s1. The predicted octanol–water partition coefficient (Wildman–Crippen LogP) is 2.70. The number of rotatable bonds is 2. The quantitative estimate of drug-likeness (QED) is 0.597. The molecule has 1 aliphatic rings. The Bertz CT molecular complexity index is 120. The molecule has 11 heavy (non-hydrogen) atoms. The van der Waals surface area contributed by atoms with Crippen molar-refractivity contribution in [2.75, 3.05) is 7.11 Å². The van der Waals surface area contributed by atoms with Crippen LogP contribution in [-0.2, 0) is 4.74 Å². The molecule has 1 fully saturated rings. The smallest absolute Gasteiger partial charge is 0.0599 e. The molecule has 1 heteroatoms. The third-order valence-electron chi connectivity index (χ3n) is 3.21. The number of ether oxygens (including phenoxy) is 1. The van der Waals surface area contributed by atoms with Crippen LogP contribution in [0.15, 0.2) is 0 Å². The second-order valence-corrected chi connectivity index (χ2v) is 4.12. The summed E-state index contributed by atoms with van der Waals surface area (Å²) in [5.74, 6) is 2.48. The number of hydrogen-bond acceptors (Lipinski definition) is 1. The lowest BCUT2D eigenvalue weighted by Crippen LogP contribution is -2.20. The average molecular weight is 156 g/mol. The zero-order chi connectivity index (χ0) is 8.43. The first kappa shape index (κ1) is 9.05. The normalized spacial score (nSPS) is 38.5. The van der Waals surface area contributed by atoms with E-state index >= 15 is 0 Å². The molecule has 0 radical (unpaired) electrons. The summed E-state index contributed by atoms with van der Waals surface area (Å²) < 4.78 is 5.40. The fourth-order valence-corrected chi connectivity index (χ4v) is 2.43. The molecule has 1 rings (SSSR count). The van der Waals surface area contributed by atoms with Gasteiger partial charge in [-0.05, 0) is 30.6 Å². The van der Waals surface area contributed by atoms with Crippen molar-refractivity contribution < 1.29 is 4.74 Å². The third kappa shape index (κ3) is 1.76. The van der Waals surface area contributed by atoms with Gasteiger partial charge in [-0.15, -0.1) is 0 Å². The third-order valence-corrected chi connectivity index (χ3v) is 3.21. The molecule has 3 atom stereocenters. The molecule has 1 saturated carbocycles. The molecule has 1 nitrogen and oxygen atoms in total. The molecule has 0 aromatic heterocycles. The molecule has 0 aromatic rings. The van der Waals surface area contributed by atoms with Crippen LogP contribution in [0.1, 0.15) is 33.6 Å². The summed E-state index contributed by atoms with van der Waals surface area (Å²) >= 11 is 0. The molecule has 66 valence electrons. The van der Waals surface area contributed by atoms with Crippen molar-refractivity contribution in [3.8, 4) is 0 Å². The molecule has 0 heterocycles. The monoisotopic (exact) mass is 156 g/mol. The maximum atomic E-state index is 5.40. The van der Waals surface area contributed by atoms with Gasteiger partial charge in [-0.25, -0.2) is 0 Å². The van der Waals surface area contributed by atoms with Crippen molar-refractivity contribution in [1.82, 2.24) is 0 Å². The van der Waals surface area contributed by atoms with E-state index in [-0.39, 0.29) is 0 Å². The topological polar surface area (TPSA) is 9.23 Å². The van der Waals surface area contributed by atoms with Crippen LogP contribution in [0.3, 0.4) is 0 Å². The first-order valence-electron chi connectivity index (χ1n) is 4.69. The summed E-state index contributed by atoms with van der Waals surface area (Å²) in [6, 6.07) is 0. The Labute approximate surface area is 70.1 Å². The lowest BCUT2D eigenvalue weighted by molar-refractivity contribution is 0.0629. The molecule has 0 aromatic carbocycles. The van der Waals surface area contributed by atoms with Gasteiger partial charge in [0.25, 0.3) is 0 Å². The van der Waals surface area contributed by atoms with E-state index in [1.807, 2.05) is 7.11 Å². The van der Waals surface area contributed by atoms with E-state index in [0.29, 0.717) is 6.10 Å². The maximum Gasteiger partial charge on any atom is 0.0599 e. The maximum absolute atomic E-state index is 5.40. The second-order valence-electron chi connectivity index (χ2n) is 4.12. The molecular weight excluding hydrogens is 136 g/mol. The Hall–Kier alpha value is -0.0400. The Morgan fingerprint density at radius 1 is 1.27 bits per heavy atom. The SMILES string of the molecule is CO[C@@H]1CC[C@@H](C(C)C)[C@@H]1C. The van der Waals surface area contributed by atoms with Crippen molar-refractivity contribution in [1.29, 1.82) is 0 Å². The number of methoxy groups -OCH3 is 1. The first-order valence-corrected chi connectivity index (χ1v) is 4.69. The zero-order valence-electron chi connectivity index (χ0n) is 8.13. The van der Waals surface area contributed by atoms with Crippen LogP contribution in [0.4, 0.5) is 0 Å². The fourth-order valence-electron chi connectivity index (χ4n) is 2.43. The van der Waals surface area contributed by atoms with E-state index in [4.69, 9.17) is 4.74 Å². The molecule has 0 spiro atoms. The second kappa shape index (κ2) is 3.57. The average Bonchev–Trinajstić information content (AvgIpc) is 2.30. The van der Waals surface area contributed by atoms with Gasteiger partial charge in [0, 0.05) is 7.11 Å². The summed E-state index contributed by atoms with van der Waals surface area (Å²) in [5.41, 5.74) is 0. The van der Waals surface area contributed by atoms with E-state index in [1.54, 1.807) is 0 Å². The lowest BCUT2D eigenvalue weighted by atomic mass is 9.87. The highest BCUT2D eigenvalue weighted by molar-refractivity contribution is 4.84. The minimum atomic E-state index is 0.530. The molecule has 0 unspecified atom stereocenters. The van der Waals surface area contributed by atoms with Gasteiger partial charge in [0.15, 0.2) is 0 Å². The van der Waals surface area contributed by atoms with Gasteiger partial charge in [-0.1, -0.05) is 20.8 Å². The molecule has 0 bridgehead atoms. The molecule has 1 aliphatic carbocycles. The van der Waals surface area contributed by atoms with Gasteiger partial charge in [-0.3, -0.25) is 0 Å². The van der Waals surface area contributed by atoms with E-state index in [9.17, 15) is 0 Å². The predicted molar refractivity (Wildman–Crippen MR) is 47.5 cm³/mol. The molecule has 0 aliphatic heterocycles. The largest absolute Gasteiger partial charge is 0.381 e. The Morgan fingerprint density at radius 2 is 1.91 bits per heavy atom. The van der Waals surface area contributed by atoms with Crippen LogP contribution in [-0.4, -0.2) is 13.2 Å². The summed E-state index contributed by atoms with van der Waals surface area (Å²) in [6.07, 6.45) is 3.15. The summed E-state index contributed by atoms with van der Waals surface area (Å²) in [7, 11) is 1.84. The highest BCUT2D eigenvalue weighted by Crippen LogP contribution is 2.37. The zero-order valence-corrected chi connectivity index (χ0v) is 8.13. The minimum absolute atomic E-state index is 0.530. The van der Waals surface area contributed by atoms with Gasteiger partial charge < -0.3 is 4.74 Å². The fraction of sp³-hybridized carbons (Fsp3) is 1.00. The Kier molecular flexibility index (Phi) is 2.94. The molecule has 0 N–H and O–H groups in total. The summed E-state index contributed by atoms with van der Waals surface area (Å²) in [6.45, 7) is 6.96. The van der Waals surface area contributed by atoms with Crippen molar-refractivity contribution in [2.45, 2.75) is 39.7 Å². The van der Waals surface area contributed by atoms with Crippen molar-refractivity contribution >= 4 is 0 Å². The van der Waals surface area contributed by atoms with Crippen molar-refractivity contribution in [2.24, 2.45) is 17.8 Å². The van der Waals surface area contributed by atoms with Gasteiger partial charge in [-0.2, -0.15) is 0 Å². The van der Waals surface area contributed by atoms with Crippen LogP contribution in [0.25, 0.3) is 0 Å². The van der Waals surface area contributed by atoms with Gasteiger partial charge >= 0.3 is 0 Å². The Morgan fingerprint density at radius 3 is 2.18 bits per heavy atom. The number of hydrogen-bond donors (Lipinski definition) is 0. The first-order chi connectivity index (χ1) is 5.16.